The molecule has 7 aromatic rings. The van der Waals surface area contributed by atoms with E-state index in [4.69, 9.17) is 0 Å². The molecule has 0 amide bonds. The maximum Gasteiger partial charge on any atom is 0.0562 e. The van der Waals surface area contributed by atoms with E-state index in [9.17, 15) is 0 Å². The van der Waals surface area contributed by atoms with Crippen molar-refractivity contribution in [3.63, 3.8) is 0 Å². The Bertz CT molecular complexity index is 1840. The van der Waals surface area contributed by atoms with Crippen LogP contribution in [0.25, 0.3) is 49.4 Å². The maximum atomic E-state index is 3.71. The lowest BCUT2D eigenvalue weighted by Crippen LogP contribution is -1.94. The zero-order valence-corrected chi connectivity index (χ0v) is 19.7. The first-order valence-electron chi connectivity index (χ1n) is 12.3. The molecule has 2 heteroatoms. The van der Waals surface area contributed by atoms with Crippen molar-refractivity contribution >= 4 is 44.0 Å². The summed E-state index contributed by atoms with van der Waals surface area (Å²) in [5, 5.41) is 8.72. The zero-order valence-electron chi connectivity index (χ0n) is 19.7. The van der Waals surface area contributed by atoms with Crippen molar-refractivity contribution in [2.45, 2.75) is 0 Å². The molecule has 0 bridgehead atoms. The second-order valence-electron chi connectivity index (χ2n) is 9.12. The Morgan fingerprint density at radius 1 is 0.472 bits per heavy atom. The molecule has 7 rings (SSSR count). The highest BCUT2D eigenvalue weighted by Gasteiger charge is 2.15. The van der Waals surface area contributed by atoms with Gasteiger partial charge in [-0.25, -0.2) is 0 Å². The van der Waals surface area contributed by atoms with Gasteiger partial charge in [-0.2, -0.15) is 0 Å². The monoisotopic (exact) mass is 460 g/mol. The van der Waals surface area contributed by atoms with E-state index in [2.05, 4.69) is 149 Å². The molecule has 0 atom stereocenters. The van der Waals surface area contributed by atoms with Crippen LogP contribution in [0.15, 0.2) is 140 Å². The molecule has 0 saturated heterocycles. The lowest BCUT2D eigenvalue weighted by Gasteiger charge is -2.11. The standard InChI is InChI=1S/C34H24N2/c1-2-12-27(13-3-1)36-32-18-7-6-15-30(32)34-31(17-9-19-33(34)36)35-26-22-20-25(21-23-26)29-16-8-11-24-10-4-5-14-28(24)29/h1-23,35H. The predicted octanol–water partition coefficient (Wildman–Crippen LogP) is 9.35. The molecule has 0 radical (unpaired) electrons. The van der Waals surface area contributed by atoms with Crippen LogP contribution in [0.3, 0.4) is 0 Å². The number of aromatic nitrogens is 1. The van der Waals surface area contributed by atoms with Crippen molar-refractivity contribution in [2.24, 2.45) is 0 Å². The maximum absolute atomic E-state index is 3.71. The van der Waals surface area contributed by atoms with Gasteiger partial charge in [-0.15, -0.1) is 0 Å². The fraction of sp³-hybridized carbons (Fsp3) is 0. The number of hydrogen-bond acceptors (Lipinski definition) is 1. The highest BCUT2D eigenvalue weighted by molar-refractivity contribution is 6.15. The molecule has 2 nitrogen and oxygen atoms in total. The molecule has 1 heterocycles. The van der Waals surface area contributed by atoms with Gasteiger partial charge in [0, 0.05) is 27.8 Å². The molecule has 1 aromatic heterocycles. The second-order valence-corrected chi connectivity index (χ2v) is 9.12. The molecule has 1 N–H and O–H groups in total. The summed E-state index contributed by atoms with van der Waals surface area (Å²) < 4.78 is 2.35. The fourth-order valence-corrected chi connectivity index (χ4v) is 5.34. The molecule has 0 aliphatic heterocycles. The molecule has 0 saturated carbocycles. The van der Waals surface area contributed by atoms with Crippen LogP contribution in [0.5, 0.6) is 0 Å². The van der Waals surface area contributed by atoms with Gasteiger partial charge >= 0.3 is 0 Å². The van der Waals surface area contributed by atoms with Gasteiger partial charge in [-0.3, -0.25) is 0 Å². The van der Waals surface area contributed by atoms with Crippen LogP contribution in [0.2, 0.25) is 0 Å². The van der Waals surface area contributed by atoms with Gasteiger partial charge in [-0.1, -0.05) is 97.1 Å². The largest absolute Gasteiger partial charge is 0.355 e. The quantitative estimate of drug-likeness (QED) is 0.277. The summed E-state index contributed by atoms with van der Waals surface area (Å²) in [4.78, 5) is 0. The number of fused-ring (bicyclic) bond motifs is 4. The lowest BCUT2D eigenvalue weighted by atomic mass is 9.98. The van der Waals surface area contributed by atoms with Crippen LogP contribution in [-0.2, 0) is 0 Å². The number of anilines is 2. The van der Waals surface area contributed by atoms with Gasteiger partial charge in [0.2, 0.25) is 0 Å². The van der Waals surface area contributed by atoms with Crippen LogP contribution in [0.4, 0.5) is 11.4 Å². The van der Waals surface area contributed by atoms with Gasteiger partial charge < -0.3 is 9.88 Å². The molecule has 0 spiro atoms. The summed E-state index contributed by atoms with van der Waals surface area (Å²) in [7, 11) is 0. The van der Waals surface area contributed by atoms with E-state index in [-0.39, 0.29) is 0 Å². The SMILES string of the molecule is c1ccc(-n2c3ccccc3c3c(Nc4ccc(-c5cccc6ccccc56)cc4)cccc32)cc1. The Kier molecular flexibility index (Phi) is 4.82. The Morgan fingerprint density at radius 3 is 2.00 bits per heavy atom. The van der Waals surface area contributed by atoms with Crippen molar-refractivity contribution in [1.29, 1.82) is 0 Å². The minimum Gasteiger partial charge on any atom is -0.355 e. The Morgan fingerprint density at radius 2 is 1.14 bits per heavy atom. The van der Waals surface area contributed by atoms with Gasteiger partial charge in [0.15, 0.2) is 0 Å². The van der Waals surface area contributed by atoms with Crippen LogP contribution >= 0.6 is 0 Å². The van der Waals surface area contributed by atoms with Crippen molar-refractivity contribution < 1.29 is 0 Å². The summed E-state index contributed by atoms with van der Waals surface area (Å²) in [5.41, 5.74) is 8.22. The summed E-state index contributed by atoms with van der Waals surface area (Å²) in [6.45, 7) is 0. The van der Waals surface area contributed by atoms with E-state index >= 15 is 0 Å². The highest BCUT2D eigenvalue weighted by Crippen LogP contribution is 2.38. The molecule has 6 aromatic carbocycles. The number of hydrogen-bond donors (Lipinski definition) is 1. The minimum absolute atomic E-state index is 1.07. The van der Waals surface area contributed by atoms with E-state index in [1.807, 2.05) is 0 Å². The Hall–Kier alpha value is -4.82. The summed E-state index contributed by atoms with van der Waals surface area (Å²) in [5.74, 6) is 0. The molecule has 0 aliphatic rings. The highest BCUT2D eigenvalue weighted by atomic mass is 15.0. The molecular formula is C34H24N2. The van der Waals surface area contributed by atoms with Crippen molar-refractivity contribution in [3.8, 4) is 16.8 Å². The van der Waals surface area contributed by atoms with Crippen LogP contribution < -0.4 is 5.32 Å². The zero-order chi connectivity index (χ0) is 23.9. The topological polar surface area (TPSA) is 17.0 Å². The minimum atomic E-state index is 1.07. The Labute approximate surface area is 210 Å². The summed E-state index contributed by atoms with van der Waals surface area (Å²) in [6, 6.07) is 49.5. The fourth-order valence-electron chi connectivity index (χ4n) is 5.34. The van der Waals surface area contributed by atoms with E-state index < -0.39 is 0 Å². The molecule has 36 heavy (non-hydrogen) atoms. The average molecular weight is 461 g/mol. The average Bonchev–Trinajstić information content (AvgIpc) is 3.29. The first-order valence-corrected chi connectivity index (χ1v) is 12.3. The van der Waals surface area contributed by atoms with Crippen molar-refractivity contribution in [1.82, 2.24) is 4.57 Å². The predicted molar refractivity (Wildman–Crippen MR) is 153 cm³/mol. The van der Waals surface area contributed by atoms with Gasteiger partial charge in [0.05, 0.1) is 11.0 Å². The lowest BCUT2D eigenvalue weighted by molar-refractivity contribution is 1.18. The van der Waals surface area contributed by atoms with Gasteiger partial charge in [-0.05, 0) is 64.4 Å². The van der Waals surface area contributed by atoms with Crippen LogP contribution in [0, 0.1) is 0 Å². The molecular weight excluding hydrogens is 436 g/mol. The smallest absolute Gasteiger partial charge is 0.0562 e. The Balaban J connectivity index is 1.32. The first kappa shape index (κ1) is 20.5. The third kappa shape index (κ3) is 3.35. The van der Waals surface area contributed by atoms with Gasteiger partial charge in [0.1, 0.15) is 0 Å². The first-order chi connectivity index (χ1) is 17.9. The van der Waals surface area contributed by atoms with Crippen LogP contribution in [-0.4, -0.2) is 4.57 Å². The van der Waals surface area contributed by atoms with E-state index in [1.54, 1.807) is 0 Å². The van der Waals surface area contributed by atoms with Crippen LogP contribution in [0.1, 0.15) is 0 Å². The molecule has 170 valence electrons. The number of para-hydroxylation sites is 2. The van der Waals surface area contributed by atoms with Crippen molar-refractivity contribution in [3.05, 3.63) is 140 Å². The second kappa shape index (κ2) is 8.44. The number of nitrogens with one attached hydrogen (secondary N) is 1. The number of rotatable bonds is 4. The number of nitrogens with zero attached hydrogens (tertiary/aromatic N) is 1. The van der Waals surface area contributed by atoms with Crippen molar-refractivity contribution in [2.75, 3.05) is 5.32 Å². The molecule has 0 unspecified atom stereocenters. The number of benzene rings is 6. The molecule has 0 fully saturated rings. The normalized spacial score (nSPS) is 11.3. The van der Waals surface area contributed by atoms with E-state index in [0.29, 0.717) is 0 Å². The summed E-state index contributed by atoms with van der Waals surface area (Å²) in [6.07, 6.45) is 0. The third-order valence-electron chi connectivity index (χ3n) is 6.98. The molecule has 0 aliphatic carbocycles. The third-order valence-corrected chi connectivity index (χ3v) is 6.98. The van der Waals surface area contributed by atoms with E-state index in [0.717, 1.165) is 11.4 Å². The summed E-state index contributed by atoms with van der Waals surface area (Å²) >= 11 is 0. The van der Waals surface area contributed by atoms with E-state index in [1.165, 1.54) is 49.4 Å². The van der Waals surface area contributed by atoms with Gasteiger partial charge in [0.25, 0.3) is 0 Å².